The first-order valence-electron chi connectivity index (χ1n) is 21.9. The third kappa shape index (κ3) is 60.5. The Labute approximate surface area is 345 Å². The Bertz CT molecular complexity index is 565. The standard InChI is InChI=1S/2C22H44O2.2Ag/c2*1-2-3-4-5-6-7-8-9-10-11-12-13-14-15-16-17-18-19-20-21-22(23)24;;/h2*2-21H2,1H3,(H,23,24);;/q;;2*+1/p-2. The maximum Gasteiger partial charge on any atom is 1.00 e. The first-order valence-corrected chi connectivity index (χ1v) is 21.9. The molecule has 0 aliphatic heterocycles. The molecular formula is C44H86Ag2O4. The molecule has 0 bridgehead atoms. The van der Waals surface area contributed by atoms with Gasteiger partial charge in [0.25, 0.3) is 0 Å². The number of carboxylic acid groups (broad SMARTS) is 2. The maximum absolute atomic E-state index is 10.3. The number of rotatable bonds is 40. The second-order valence-corrected chi connectivity index (χ2v) is 15.0. The van der Waals surface area contributed by atoms with Gasteiger partial charge in [0.15, 0.2) is 0 Å². The molecule has 0 fully saturated rings. The molecule has 4 nitrogen and oxygen atoms in total. The van der Waals surface area contributed by atoms with E-state index in [1.165, 1.54) is 218 Å². The van der Waals surface area contributed by atoms with E-state index in [9.17, 15) is 19.8 Å². The van der Waals surface area contributed by atoms with Gasteiger partial charge in [0.1, 0.15) is 0 Å². The molecule has 0 aliphatic rings. The van der Waals surface area contributed by atoms with Crippen molar-refractivity contribution in [1.82, 2.24) is 0 Å². The zero-order valence-corrected chi connectivity index (χ0v) is 36.5. The summed E-state index contributed by atoms with van der Waals surface area (Å²) in [6, 6.07) is 0. The molecule has 0 saturated carbocycles. The summed E-state index contributed by atoms with van der Waals surface area (Å²) >= 11 is 0. The summed E-state index contributed by atoms with van der Waals surface area (Å²) in [6.45, 7) is 4.56. The molecule has 0 spiro atoms. The second-order valence-electron chi connectivity index (χ2n) is 15.0. The summed E-state index contributed by atoms with van der Waals surface area (Å²) in [5.74, 6) is -1.80. The van der Waals surface area contributed by atoms with E-state index >= 15 is 0 Å². The molecule has 0 radical (unpaired) electrons. The van der Waals surface area contributed by atoms with Gasteiger partial charge in [-0.2, -0.15) is 0 Å². The fourth-order valence-electron chi connectivity index (χ4n) is 6.70. The fourth-order valence-corrected chi connectivity index (χ4v) is 6.70. The quantitative estimate of drug-likeness (QED) is 0.0453. The third-order valence-electron chi connectivity index (χ3n) is 9.97. The van der Waals surface area contributed by atoms with Crippen LogP contribution in [0.5, 0.6) is 0 Å². The average molecular weight is 895 g/mol. The van der Waals surface area contributed by atoms with Crippen LogP contribution in [0.25, 0.3) is 0 Å². The third-order valence-corrected chi connectivity index (χ3v) is 9.97. The van der Waals surface area contributed by atoms with Crippen molar-refractivity contribution in [3.05, 3.63) is 0 Å². The van der Waals surface area contributed by atoms with Gasteiger partial charge in [0.05, 0.1) is 0 Å². The Kier molecular flexibility index (Phi) is 61.5. The number of carbonyl (C=O) groups is 2. The minimum atomic E-state index is -0.901. The van der Waals surface area contributed by atoms with E-state index in [1.807, 2.05) is 0 Å². The van der Waals surface area contributed by atoms with Crippen molar-refractivity contribution in [2.24, 2.45) is 0 Å². The first-order chi connectivity index (χ1) is 23.5. The van der Waals surface area contributed by atoms with E-state index < -0.39 is 11.9 Å². The minimum Gasteiger partial charge on any atom is -0.550 e. The Morgan fingerprint density at radius 1 is 0.260 bits per heavy atom. The van der Waals surface area contributed by atoms with Crippen molar-refractivity contribution >= 4 is 11.9 Å². The van der Waals surface area contributed by atoms with Crippen LogP contribution in [0.3, 0.4) is 0 Å². The van der Waals surface area contributed by atoms with E-state index in [-0.39, 0.29) is 57.6 Å². The summed E-state index contributed by atoms with van der Waals surface area (Å²) in [5.41, 5.74) is 0. The molecule has 0 rings (SSSR count). The van der Waals surface area contributed by atoms with Gasteiger partial charge >= 0.3 is 44.8 Å². The predicted octanol–water partition coefficient (Wildman–Crippen LogP) is 13.1. The van der Waals surface area contributed by atoms with Crippen LogP contribution in [0.15, 0.2) is 0 Å². The molecule has 6 heteroatoms. The zero-order chi connectivity index (χ0) is 35.4. The fraction of sp³-hybridized carbons (Fsp3) is 0.955. The van der Waals surface area contributed by atoms with Crippen LogP contribution in [-0.4, -0.2) is 11.9 Å². The van der Waals surface area contributed by atoms with Crippen LogP contribution >= 0.6 is 0 Å². The average Bonchev–Trinajstić information content (AvgIpc) is 3.07. The van der Waals surface area contributed by atoms with Crippen molar-refractivity contribution in [2.45, 2.75) is 271 Å². The van der Waals surface area contributed by atoms with E-state index in [4.69, 9.17) is 0 Å². The summed E-state index contributed by atoms with van der Waals surface area (Å²) in [5, 5.41) is 20.5. The van der Waals surface area contributed by atoms with Crippen LogP contribution in [-0.2, 0) is 54.3 Å². The summed E-state index contributed by atoms with van der Waals surface area (Å²) in [7, 11) is 0. The predicted molar refractivity (Wildman–Crippen MR) is 206 cm³/mol. The molecule has 0 N–H and O–H groups in total. The van der Waals surface area contributed by atoms with E-state index in [2.05, 4.69) is 13.8 Å². The van der Waals surface area contributed by atoms with Gasteiger partial charge < -0.3 is 19.8 Å². The maximum atomic E-state index is 10.3. The van der Waals surface area contributed by atoms with Crippen LogP contribution in [0.2, 0.25) is 0 Å². The van der Waals surface area contributed by atoms with Crippen molar-refractivity contribution in [3.8, 4) is 0 Å². The van der Waals surface area contributed by atoms with Gasteiger partial charge in [0.2, 0.25) is 0 Å². The Morgan fingerprint density at radius 3 is 0.500 bits per heavy atom. The van der Waals surface area contributed by atoms with E-state index in [0.29, 0.717) is 0 Å². The molecule has 0 saturated heterocycles. The number of carboxylic acids is 2. The topological polar surface area (TPSA) is 80.3 Å². The summed E-state index contributed by atoms with van der Waals surface area (Å²) in [6.07, 6.45) is 51.5. The SMILES string of the molecule is CCCCCCCCCCCCCCCCCCCCCC(=O)[O-].CCCCCCCCCCCCCCCCCCCCCC(=O)[O-].[Ag+].[Ag+]. The molecule has 0 unspecified atom stereocenters. The Morgan fingerprint density at radius 2 is 0.380 bits per heavy atom. The molecule has 0 aromatic carbocycles. The van der Waals surface area contributed by atoms with Crippen molar-refractivity contribution in [3.63, 3.8) is 0 Å². The van der Waals surface area contributed by atoms with Gasteiger partial charge in [-0.1, -0.05) is 245 Å². The Hall–Kier alpha value is 0.421. The van der Waals surface area contributed by atoms with Crippen molar-refractivity contribution < 1.29 is 64.6 Å². The van der Waals surface area contributed by atoms with E-state index in [1.54, 1.807) is 0 Å². The van der Waals surface area contributed by atoms with Crippen LogP contribution < -0.4 is 10.2 Å². The normalized spacial score (nSPS) is 10.6. The summed E-state index contributed by atoms with van der Waals surface area (Å²) in [4.78, 5) is 20.5. The number of carbonyl (C=O) groups excluding carboxylic acids is 2. The van der Waals surface area contributed by atoms with Gasteiger partial charge in [0, 0.05) is 11.9 Å². The molecule has 308 valence electrons. The number of aliphatic carboxylic acids is 2. The monoisotopic (exact) mass is 892 g/mol. The van der Waals surface area contributed by atoms with Crippen molar-refractivity contribution in [1.29, 1.82) is 0 Å². The molecule has 0 aliphatic carbocycles. The molecule has 0 aromatic heterocycles. The zero-order valence-electron chi connectivity index (χ0n) is 33.5. The molecule has 50 heavy (non-hydrogen) atoms. The van der Waals surface area contributed by atoms with Crippen LogP contribution in [0.4, 0.5) is 0 Å². The number of hydrogen-bond acceptors (Lipinski definition) is 4. The van der Waals surface area contributed by atoms with Gasteiger partial charge in [-0.3, -0.25) is 0 Å². The molecule has 0 heterocycles. The molecule has 0 aromatic rings. The van der Waals surface area contributed by atoms with Gasteiger partial charge in [-0.05, 0) is 25.7 Å². The molecular weight excluding hydrogens is 808 g/mol. The Balaban J connectivity index is -0.000000407. The van der Waals surface area contributed by atoms with Crippen molar-refractivity contribution in [2.75, 3.05) is 0 Å². The molecule has 0 amide bonds. The minimum absolute atomic E-state index is 0. The molecule has 0 atom stereocenters. The first kappa shape index (κ1) is 57.1. The van der Waals surface area contributed by atoms with E-state index in [0.717, 1.165) is 25.7 Å². The van der Waals surface area contributed by atoms with Crippen LogP contribution in [0.1, 0.15) is 271 Å². The number of hydrogen-bond donors (Lipinski definition) is 0. The van der Waals surface area contributed by atoms with Gasteiger partial charge in [-0.25, -0.2) is 0 Å². The largest absolute Gasteiger partial charge is 1.00 e. The smallest absolute Gasteiger partial charge is 0.550 e. The summed E-state index contributed by atoms with van der Waals surface area (Å²) < 4.78 is 0. The van der Waals surface area contributed by atoms with Crippen LogP contribution in [0, 0.1) is 0 Å². The van der Waals surface area contributed by atoms with Gasteiger partial charge in [-0.15, -0.1) is 0 Å². The number of unbranched alkanes of at least 4 members (excludes halogenated alkanes) is 36. The second kappa shape index (κ2) is 53.8.